The van der Waals surface area contributed by atoms with Crippen LogP contribution in [0.3, 0.4) is 0 Å². The maximum atomic E-state index is 11.8. The van der Waals surface area contributed by atoms with Crippen LogP contribution in [0.25, 0.3) is 0 Å². The number of carbonyl (C=O) groups is 1. The van der Waals surface area contributed by atoms with E-state index in [1.165, 1.54) is 12.8 Å². The molecule has 3 heterocycles. The van der Waals surface area contributed by atoms with Crippen molar-refractivity contribution in [2.75, 3.05) is 25.0 Å². The Bertz CT molecular complexity index is 671. The van der Waals surface area contributed by atoms with Gasteiger partial charge >= 0.3 is 0 Å². The van der Waals surface area contributed by atoms with E-state index in [2.05, 4.69) is 35.6 Å². The lowest BCUT2D eigenvalue weighted by Crippen LogP contribution is -2.56. The van der Waals surface area contributed by atoms with Crippen molar-refractivity contribution in [2.24, 2.45) is 5.92 Å². The van der Waals surface area contributed by atoms with E-state index >= 15 is 0 Å². The van der Waals surface area contributed by atoms with Gasteiger partial charge in [0.1, 0.15) is 5.78 Å². The number of Topliss-reactive ketones (excluding diaryl/α,β-unsaturated/α-hetero) is 1. The predicted molar refractivity (Wildman–Crippen MR) is 111 cm³/mol. The SMILES string of the molecule is CCC(=O)C1CC(N(C)Cc2cnc(N3C4CCC3CN(C(C)C)C4)nc2)C1. The molecule has 0 spiro atoms. The normalized spacial score (nSPS) is 30.1. The minimum atomic E-state index is 0.288. The van der Waals surface area contributed by atoms with Gasteiger partial charge in [-0.25, -0.2) is 9.97 Å². The third-order valence-electron chi connectivity index (χ3n) is 7.14. The Labute approximate surface area is 169 Å². The Morgan fingerprint density at radius 1 is 1.18 bits per heavy atom. The van der Waals surface area contributed by atoms with E-state index in [-0.39, 0.29) is 5.92 Å². The number of nitrogens with zero attached hydrogens (tertiary/aromatic N) is 5. The maximum Gasteiger partial charge on any atom is 0.225 e. The molecule has 2 aliphatic heterocycles. The highest BCUT2D eigenvalue weighted by Gasteiger charge is 2.41. The maximum absolute atomic E-state index is 11.8. The summed E-state index contributed by atoms with van der Waals surface area (Å²) in [6.07, 6.45) is 9.18. The number of piperazine rings is 1. The molecule has 1 aromatic heterocycles. The monoisotopic (exact) mass is 385 g/mol. The Morgan fingerprint density at radius 2 is 1.79 bits per heavy atom. The molecule has 3 aliphatic rings. The summed E-state index contributed by atoms with van der Waals surface area (Å²) in [5.41, 5.74) is 1.16. The van der Waals surface area contributed by atoms with Gasteiger partial charge in [-0.2, -0.15) is 0 Å². The number of hydrogen-bond acceptors (Lipinski definition) is 6. The second-order valence-corrected chi connectivity index (χ2v) is 9.29. The van der Waals surface area contributed by atoms with E-state index in [0.717, 1.165) is 44.0 Å². The molecule has 0 N–H and O–H groups in total. The van der Waals surface area contributed by atoms with E-state index in [1.807, 2.05) is 19.3 Å². The van der Waals surface area contributed by atoms with Gasteiger partial charge in [0.15, 0.2) is 0 Å². The lowest BCUT2D eigenvalue weighted by Gasteiger charge is -2.42. The Morgan fingerprint density at radius 3 is 2.32 bits per heavy atom. The van der Waals surface area contributed by atoms with Crippen molar-refractivity contribution >= 4 is 11.7 Å². The minimum absolute atomic E-state index is 0.288. The van der Waals surface area contributed by atoms with Crippen molar-refractivity contribution in [3.8, 4) is 0 Å². The second-order valence-electron chi connectivity index (χ2n) is 9.29. The average Bonchev–Trinajstić information content (AvgIpc) is 2.90. The molecule has 4 rings (SSSR count). The number of rotatable bonds is 7. The van der Waals surface area contributed by atoms with Crippen molar-refractivity contribution < 1.29 is 4.79 Å². The molecule has 1 saturated carbocycles. The molecule has 2 atom stereocenters. The average molecular weight is 386 g/mol. The van der Waals surface area contributed by atoms with E-state index in [4.69, 9.17) is 9.97 Å². The number of hydrogen-bond donors (Lipinski definition) is 0. The van der Waals surface area contributed by atoms with Crippen LogP contribution >= 0.6 is 0 Å². The molecule has 0 radical (unpaired) electrons. The molecule has 6 heteroatoms. The predicted octanol–water partition coefficient (Wildman–Crippen LogP) is 2.73. The van der Waals surface area contributed by atoms with Crippen LogP contribution in [0.2, 0.25) is 0 Å². The van der Waals surface area contributed by atoms with Crippen molar-refractivity contribution in [3.63, 3.8) is 0 Å². The van der Waals surface area contributed by atoms with Crippen LogP contribution < -0.4 is 4.90 Å². The first kappa shape index (κ1) is 19.8. The van der Waals surface area contributed by atoms with Crippen molar-refractivity contribution in [3.05, 3.63) is 18.0 Å². The fourth-order valence-electron chi connectivity index (χ4n) is 5.16. The van der Waals surface area contributed by atoms with Gasteiger partial charge in [-0.3, -0.25) is 14.6 Å². The molecule has 6 nitrogen and oxygen atoms in total. The standard InChI is InChI=1S/C22H35N5O/c1-5-21(28)17-8-20(9-17)25(4)12-16-10-23-22(24-11-16)27-18-6-7-19(27)14-26(13-18)15(2)3/h10-11,15,17-20H,5-9,12-14H2,1-4H3. The Balaban J connectivity index is 1.33. The molecular formula is C22H35N5O. The molecule has 154 valence electrons. The smallest absolute Gasteiger partial charge is 0.225 e. The van der Waals surface area contributed by atoms with E-state index in [0.29, 0.717) is 36.4 Å². The van der Waals surface area contributed by atoms with Gasteiger partial charge in [-0.05, 0) is 46.6 Å². The Kier molecular flexibility index (Phi) is 5.70. The van der Waals surface area contributed by atoms with Gasteiger partial charge in [0.25, 0.3) is 0 Å². The highest BCUT2D eigenvalue weighted by molar-refractivity contribution is 5.81. The van der Waals surface area contributed by atoms with Gasteiger partial charge in [-0.1, -0.05) is 6.92 Å². The first-order valence-corrected chi connectivity index (χ1v) is 11.0. The first-order valence-electron chi connectivity index (χ1n) is 11.0. The summed E-state index contributed by atoms with van der Waals surface area (Å²) in [6, 6.07) is 2.23. The molecular weight excluding hydrogens is 350 g/mol. The number of ketones is 1. The van der Waals surface area contributed by atoms with Gasteiger partial charge in [0.2, 0.25) is 5.95 Å². The van der Waals surface area contributed by atoms with Crippen LogP contribution in [0.4, 0.5) is 5.95 Å². The summed E-state index contributed by atoms with van der Waals surface area (Å²) in [4.78, 5) is 28.7. The largest absolute Gasteiger partial charge is 0.332 e. The number of anilines is 1. The molecule has 1 aromatic rings. The van der Waals surface area contributed by atoms with Gasteiger partial charge in [0.05, 0.1) is 0 Å². The van der Waals surface area contributed by atoms with Gasteiger partial charge in [0, 0.05) is 74.1 Å². The summed E-state index contributed by atoms with van der Waals surface area (Å²) in [5, 5.41) is 0. The number of likely N-dealkylation sites (tertiary alicyclic amines) is 1. The van der Waals surface area contributed by atoms with E-state index < -0.39 is 0 Å². The number of aromatic nitrogens is 2. The Hall–Kier alpha value is -1.53. The van der Waals surface area contributed by atoms with Crippen LogP contribution in [0.15, 0.2) is 12.4 Å². The molecule has 2 saturated heterocycles. The van der Waals surface area contributed by atoms with Gasteiger partial charge in [-0.15, -0.1) is 0 Å². The molecule has 2 bridgehead atoms. The zero-order valence-corrected chi connectivity index (χ0v) is 17.8. The quantitative estimate of drug-likeness (QED) is 0.719. The summed E-state index contributed by atoms with van der Waals surface area (Å²) in [6.45, 7) is 9.65. The highest BCUT2D eigenvalue weighted by atomic mass is 16.1. The van der Waals surface area contributed by atoms with Crippen LogP contribution in [0.5, 0.6) is 0 Å². The molecule has 28 heavy (non-hydrogen) atoms. The molecule has 3 fully saturated rings. The third kappa shape index (κ3) is 3.81. The summed E-state index contributed by atoms with van der Waals surface area (Å²) in [5.74, 6) is 1.61. The third-order valence-corrected chi connectivity index (χ3v) is 7.14. The minimum Gasteiger partial charge on any atom is -0.332 e. The molecule has 0 amide bonds. The fourth-order valence-corrected chi connectivity index (χ4v) is 5.16. The topological polar surface area (TPSA) is 52.6 Å². The molecule has 0 aromatic carbocycles. The summed E-state index contributed by atoms with van der Waals surface area (Å²) in [7, 11) is 2.15. The lowest BCUT2D eigenvalue weighted by atomic mass is 9.76. The van der Waals surface area contributed by atoms with Crippen LogP contribution in [0.1, 0.15) is 58.4 Å². The zero-order chi connectivity index (χ0) is 19.8. The summed E-state index contributed by atoms with van der Waals surface area (Å²) < 4.78 is 0. The molecule has 1 aliphatic carbocycles. The first-order chi connectivity index (χ1) is 13.5. The summed E-state index contributed by atoms with van der Waals surface area (Å²) >= 11 is 0. The lowest BCUT2D eigenvalue weighted by molar-refractivity contribution is -0.127. The zero-order valence-electron chi connectivity index (χ0n) is 17.8. The number of fused-ring (bicyclic) bond motifs is 2. The van der Waals surface area contributed by atoms with E-state index in [9.17, 15) is 4.79 Å². The fraction of sp³-hybridized carbons (Fsp3) is 0.773. The second kappa shape index (κ2) is 8.07. The van der Waals surface area contributed by atoms with Gasteiger partial charge < -0.3 is 4.90 Å². The van der Waals surface area contributed by atoms with Crippen LogP contribution in [0, 0.1) is 5.92 Å². The van der Waals surface area contributed by atoms with Crippen molar-refractivity contribution in [1.29, 1.82) is 0 Å². The van der Waals surface area contributed by atoms with E-state index in [1.54, 1.807) is 0 Å². The van der Waals surface area contributed by atoms with Crippen molar-refractivity contribution in [2.45, 2.75) is 83.6 Å². The highest BCUT2D eigenvalue weighted by Crippen LogP contribution is 2.35. The molecule has 2 unspecified atom stereocenters. The van der Waals surface area contributed by atoms with Crippen molar-refractivity contribution in [1.82, 2.24) is 19.8 Å². The van der Waals surface area contributed by atoms with Crippen LogP contribution in [-0.2, 0) is 11.3 Å². The number of carbonyl (C=O) groups excluding carboxylic acids is 1. The van der Waals surface area contributed by atoms with Crippen LogP contribution in [-0.4, -0.2) is 69.9 Å².